The van der Waals surface area contributed by atoms with Gasteiger partial charge in [0.25, 0.3) is 5.56 Å². The first-order chi connectivity index (χ1) is 12.5. The van der Waals surface area contributed by atoms with Crippen LogP contribution in [0.3, 0.4) is 0 Å². The number of nitrogens with zero attached hydrogens (tertiary/aromatic N) is 2. The van der Waals surface area contributed by atoms with Crippen molar-refractivity contribution in [1.29, 1.82) is 0 Å². The molecular formula is C19H17ClN4O2. The van der Waals surface area contributed by atoms with Gasteiger partial charge in [-0.25, -0.2) is 4.98 Å². The van der Waals surface area contributed by atoms with E-state index in [1.807, 2.05) is 12.1 Å². The molecule has 1 amide bonds. The summed E-state index contributed by atoms with van der Waals surface area (Å²) in [7, 11) is 0. The summed E-state index contributed by atoms with van der Waals surface area (Å²) in [6.07, 6.45) is 3.23. The number of benzene rings is 1. The van der Waals surface area contributed by atoms with E-state index in [4.69, 9.17) is 11.6 Å². The number of pyridine rings is 1. The van der Waals surface area contributed by atoms with E-state index in [1.54, 1.807) is 43.6 Å². The molecule has 0 saturated carbocycles. The van der Waals surface area contributed by atoms with Crippen molar-refractivity contribution in [2.45, 2.75) is 19.9 Å². The number of rotatable bonds is 5. The largest absolute Gasteiger partial charge is 0.352 e. The Morgan fingerprint density at radius 3 is 2.50 bits per heavy atom. The van der Waals surface area contributed by atoms with Crippen LogP contribution in [0.25, 0.3) is 11.4 Å². The van der Waals surface area contributed by atoms with E-state index in [9.17, 15) is 9.59 Å². The molecule has 2 aromatic heterocycles. The average molecular weight is 369 g/mol. The van der Waals surface area contributed by atoms with Crippen molar-refractivity contribution in [3.05, 3.63) is 81.0 Å². The third-order valence-corrected chi connectivity index (χ3v) is 4.17. The Bertz CT molecular complexity index is 969. The third-order valence-electron chi connectivity index (χ3n) is 3.92. The van der Waals surface area contributed by atoms with Crippen LogP contribution in [-0.2, 0) is 17.8 Å². The molecular weight excluding hydrogens is 352 g/mol. The number of carbonyl (C=O) groups excluding carboxylic acids is 1. The lowest BCUT2D eigenvalue weighted by Crippen LogP contribution is -2.28. The van der Waals surface area contributed by atoms with Crippen molar-refractivity contribution < 1.29 is 4.79 Å². The molecule has 0 spiro atoms. The van der Waals surface area contributed by atoms with Crippen LogP contribution in [0.15, 0.2) is 53.6 Å². The molecule has 0 fully saturated rings. The minimum absolute atomic E-state index is 0.0294. The van der Waals surface area contributed by atoms with Crippen LogP contribution in [0.1, 0.15) is 16.8 Å². The van der Waals surface area contributed by atoms with Gasteiger partial charge >= 0.3 is 0 Å². The molecule has 0 saturated heterocycles. The van der Waals surface area contributed by atoms with Gasteiger partial charge in [-0.2, -0.15) is 0 Å². The molecule has 1 aromatic carbocycles. The molecule has 0 aliphatic rings. The number of hydrogen-bond donors (Lipinski definition) is 2. The van der Waals surface area contributed by atoms with Crippen LogP contribution < -0.4 is 10.9 Å². The number of nitrogens with one attached hydrogen (secondary N) is 2. The summed E-state index contributed by atoms with van der Waals surface area (Å²) < 4.78 is 0. The maximum absolute atomic E-state index is 12.4. The van der Waals surface area contributed by atoms with E-state index in [1.165, 1.54) is 0 Å². The molecule has 0 unspecified atom stereocenters. The summed E-state index contributed by atoms with van der Waals surface area (Å²) in [5, 5.41) is 3.44. The Balaban J connectivity index is 1.70. The standard InChI is InChI=1S/C19H17ClN4O2/c1-12-16(10-17(25)22-11-13-2-4-15(20)5-3-13)19(26)24-18(23-12)14-6-8-21-9-7-14/h2-9H,10-11H2,1H3,(H,22,25)(H,23,24,26). The normalized spacial score (nSPS) is 10.5. The Hall–Kier alpha value is -2.99. The van der Waals surface area contributed by atoms with Crippen LogP contribution in [0, 0.1) is 6.92 Å². The molecule has 2 N–H and O–H groups in total. The maximum atomic E-state index is 12.4. The summed E-state index contributed by atoms with van der Waals surface area (Å²) in [5.41, 5.74) is 2.27. The van der Waals surface area contributed by atoms with Gasteiger partial charge in [-0.15, -0.1) is 0 Å². The van der Waals surface area contributed by atoms with Gasteiger partial charge in [0.1, 0.15) is 5.82 Å². The zero-order chi connectivity index (χ0) is 18.5. The van der Waals surface area contributed by atoms with Crippen LogP contribution in [0.4, 0.5) is 0 Å². The third kappa shape index (κ3) is 4.34. The lowest BCUT2D eigenvalue weighted by Gasteiger charge is -2.08. The van der Waals surface area contributed by atoms with Crippen molar-refractivity contribution in [1.82, 2.24) is 20.3 Å². The van der Waals surface area contributed by atoms with Gasteiger partial charge in [0, 0.05) is 40.8 Å². The molecule has 0 aliphatic heterocycles. The van der Waals surface area contributed by atoms with Crippen LogP contribution in [0.2, 0.25) is 5.02 Å². The van der Waals surface area contributed by atoms with E-state index in [0.29, 0.717) is 28.6 Å². The number of hydrogen-bond acceptors (Lipinski definition) is 4. The van der Waals surface area contributed by atoms with E-state index < -0.39 is 0 Å². The second-order valence-corrected chi connectivity index (χ2v) is 6.23. The van der Waals surface area contributed by atoms with Crippen LogP contribution >= 0.6 is 11.6 Å². The predicted octanol–water partition coefficient (Wildman–Crippen LogP) is 2.65. The highest BCUT2D eigenvalue weighted by Crippen LogP contribution is 2.13. The summed E-state index contributed by atoms with van der Waals surface area (Å²) >= 11 is 5.84. The van der Waals surface area contributed by atoms with Crippen LogP contribution in [-0.4, -0.2) is 20.9 Å². The minimum Gasteiger partial charge on any atom is -0.352 e. The van der Waals surface area contributed by atoms with Crippen molar-refractivity contribution >= 4 is 17.5 Å². The van der Waals surface area contributed by atoms with Crippen molar-refractivity contribution in [3.8, 4) is 11.4 Å². The molecule has 2 heterocycles. The Labute approximate surface area is 155 Å². The van der Waals surface area contributed by atoms with Gasteiger partial charge in [-0.1, -0.05) is 23.7 Å². The predicted molar refractivity (Wildman–Crippen MR) is 99.8 cm³/mol. The number of amides is 1. The van der Waals surface area contributed by atoms with Crippen molar-refractivity contribution in [2.24, 2.45) is 0 Å². The number of carbonyl (C=O) groups is 1. The molecule has 0 atom stereocenters. The second-order valence-electron chi connectivity index (χ2n) is 5.79. The first kappa shape index (κ1) is 17.8. The summed E-state index contributed by atoms with van der Waals surface area (Å²) in [5.74, 6) is 0.215. The lowest BCUT2D eigenvalue weighted by molar-refractivity contribution is -0.120. The Kier molecular flexibility index (Phi) is 5.43. The van der Waals surface area contributed by atoms with E-state index in [2.05, 4.69) is 20.3 Å². The Morgan fingerprint density at radius 1 is 1.15 bits per heavy atom. The molecule has 6 nitrogen and oxygen atoms in total. The zero-order valence-electron chi connectivity index (χ0n) is 14.1. The van der Waals surface area contributed by atoms with Gasteiger partial charge in [-0.3, -0.25) is 14.6 Å². The van der Waals surface area contributed by atoms with Gasteiger partial charge in [0.2, 0.25) is 5.91 Å². The number of halogens is 1. The monoisotopic (exact) mass is 368 g/mol. The fourth-order valence-corrected chi connectivity index (χ4v) is 2.62. The topological polar surface area (TPSA) is 87.7 Å². The van der Waals surface area contributed by atoms with Gasteiger partial charge in [0.15, 0.2) is 0 Å². The van der Waals surface area contributed by atoms with Gasteiger partial charge in [0.05, 0.1) is 6.42 Å². The first-order valence-corrected chi connectivity index (χ1v) is 8.42. The summed E-state index contributed by atoms with van der Waals surface area (Å²) in [4.78, 5) is 35.6. The molecule has 26 heavy (non-hydrogen) atoms. The first-order valence-electron chi connectivity index (χ1n) is 8.04. The Morgan fingerprint density at radius 2 is 1.85 bits per heavy atom. The molecule has 0 bridgehead atoms. The number of aryl methyl sites for hydroxylation is 1. The highest BCUT2D eigenvalue weighted by molar-refractivity contribution is 6.30. The molecule has 3 rings (SSSR count). The van der Waals surface area contributed by atoms with Crippen molar-refractivity contribution in [3.63, 3.8) is 0 Å². The number of aromatic nitrogens is 3. The maximum Gasteiger partial charge on any atom is 0.255 e. The molecule has 3 aromatic rings. The number of aromatic amines is 1. The van der Waals surface area contributed by atoms with Gasteiger partial charge < -0.3 is 10.3 Å². The lowest BCUT2D eigenvalue weighted by atomic mass is 10.1. The molecule has 0 radical (unpaired) electrons. The second kappa shape index (κ2) is 7.93. The quantitative estimate of drug-likeness (QED) is 0.724. The zero-order valence-corrected chi connectivity index (χ0v) is 14.9. The fourth-order valence-electron chi connectivity index (χ4n) is 2.49. The smallest absolute Gasteiger partial charge is 0.255 e. The fraction of sp³-hybridized carbons (Fsp3) is 0.158. The highest BCUT2D eigenvalue weighted by Gasteiger charge is 2.13. The SMILES string of the molecule is Cc1nc(-c2ccncc2)[nH]c(=O)c1CC(=O)NCc1ccc(Cl)cc1. The number of H-pyrrole nitrogens is 1. The molecule has 132 valence electrons. The molecule has 0 aliphatic carbocycles. The molecule has 7 heteroatoms. The van der Waals surface area contributed by atoms with Crippen molar-refractivity contribution in [2.75, 3.05) is 0 Å². The minimum atomic E-state index is -0.314. The van der Waals surface area contributed by atoms with E-state index in [-0.39, 0.29) is 17.9 Å². The highest BCUT2D eigenvalue weighted by atomic mass is 35.5. The summed E-state index contributed by atoms with van der Waals surface area (Å²) in [6.45, 7) is 2.09. The average Bonchev–Trinajstić information content (AvgIpc) is 2.65. The van der Waals surface area contributed by atoms with Gasteiger partial charge in [-0.05, 0) is 36.8 Å². The van der Waals surface area contributed by atoms with Crippen LogP contribution in [0.5, 0.6) is 0 Å². The summed E-state index contributed by atoms with van der Waals surface area (Å²) in [6, 6.07) is 10.7. The van der Waals surface area contributed by atoms with E-state index in [0.717, 1.165) is 11.1 Å². The van der Waals surface area contributed by atoms with E-state index >= 15 is 0 Å².